The van der Waals surface area contributed by atoms with Crippen LogP contribution in [0.15, 0.2) is 23.8 Å². The van der Waals surface area contributed by atoms with Crippen LogP contribution in [0.25, 0.3) is 0 Å². The van der Waals surface area contributed by atoms with Gasteiger partial charge < -0.3 is 34.7 Å². The van der Waals surface area contributed by atoms with Crippen LogP contribution in [0.3, 0.4) is 0 Å². The summed E-state index contributed by atoms with van der Waals surface area (Å²) in [6.45, 7) is 1.28. The molecule has 3 aliphatic rings. The Balaban J connectivity index is 1.78. The number of carbonyl (C=O) groups excluding carboxylic acids is 4. The van der Waals surface area contributed by atoms with Crippen molar-refractivity contribution in [2.45, 2.75) is 94.9 Å². The van der Waals surface area contributed by atoms with E-state index < -0.39 is 30.1 Å². The topological polar surface area (TPSA) is 142 Å². The third-order valence-electron chi connectivity index (χ3n) is 8.16. The van der Waals surface area contributed by atoms with Gasteiger partial charge in [0.05, 0.1) is 25.7 Å². The van der Waals surface area contributed by atoms with Crippen molar-refractivity contribution in [1.29, 1.82) is 0 Å². The molecular weight excluding hydrogens is 516 g/mol. The summed E-state index contributed by atoms with van der Waals surface area (Å²) in [6, 6.07) is 2.21. The number of ketones is 1. The zero-order valence-electron chi connectivity index (χ0n) is 23.3. The Labute approximate surface area is 234 Å². The quantitative estimate of drug-likeness (QED) is 0.279. The molecule has 1 aliphatic heterocycles. The van der Waals surface area contributed by atoms with Gasteiger partial charge in [-0.1, -0.05) is 25.7 Å². The van der Waals surface area contributed by atoms with Gasteiger partial charge in [-0.2, -0.15) is 0 Å². The van der Waals surface area contributed by atoms with E-state index in [1.54, 1.807) is 23.1 Å². The Kier molecular flexibility index (Phi) is 9.97. The minimum absolute atomic E-state index is 0.0119. The monoisotopic (exact) mass is 556 g/mol. The molecule has 4 atom stereocenters. The Bertz CT molecular complexity index is 1140. The maximum atomic E-state index is 13.8. The number of rotatable bonds is 11. The van der Waals surface area contributed by atoms with Crippen LogP contribution in [-0.2, 0) is 14.4 Å². The molecular formula is C30H40N2O8. The zero-order valence-corrected chi connectivity index (χ0v) is 23.3. The van der Waals surface area contributed by atoms with Crippen LogP contribution in [0.2, 0.25) is 0 Å². The summed E-state index contributed by atoms with van der Waals surface area (Å²) >= 11 is 0. The summed E-state index contributed by atoms with van der Waals surface area (Å²) in [5.74, 6) is -0.655. The van der Waals surface area contributed by atoms with Crippen molar-refractivity contribution in [2.24, 2.45) is 0 Å². The van der Waals surface area contributed by atoms with E-state index in [9.17, 15) is 29.4 Å². The smallest absolute Gasteiger partial charge is 0.247 e. The molecule has 0 bridgehead atoms. The number of hydrogen-bond donors (Lipinski definition) is 3. The van der Waals surface area contributed by atoms with Gasteiger partial charge in [0.2, 0.25) is 11.8 Å². The van der Waals surface area contributed by atoms with Crippen molar-refractivity contribution in [3.63, 3.8) is 0 Å². The van der Waals surface area contributed by atoms with Crippen molar-refractivity contribution in [3.05, 3.63) is 34.9 Å². The molecule has 0 spiro atoms. The first-order chi connectivity index (χ1) is 19.3. The Morgan fingerprint density at radius 2 is 1.88 bits per heavy atom. The van der Waals surface area contributed by atoms with Crippen LogP contribution >= 0.6 is 0 Å². The molecule has 0 unspecified atom stereocenters. The summed E-state index contributed by atoms with van der Waals surface area (Å²) in [6.07, 6.45) is 6.75. The summed E-state index contributed by atoms with van der Waals surface area (Å²) < 4.78 is 11.7. The Morgan fingerprint density at radius 3 is 2.50 bits per heavy atom. The van der Waals surface area contributed by atoms with Crippen molar-refractivity contribution in [1.82, 2.24) is 10.2 Å². The van der Waals surface area contributed by atoms with Gasteiger partial charge in [0.25, 0.3) is 0 Å². The molecule has 1 aromatic carbocycles. The number of fused-ring (bicyclic) bond motifs is 3. The molecule has 2 aliphatic carbocycles. The van der Waals surface area contributed by atoms with Gasteiger partial charge in [-0.15, -0.1) is 0 Å². The third kappa shape index (κ3) is 6.23. The fourth-order valence-corrected chi connectivity index (χ4v) is 6.30. The highest BCUT2D eigenvalue weighted by atomic mass is 16.5. The molecule has 0 saturated heterocycles. The highest BCUT2D eigenvalue weighted by Gasteiger charge is 2.52. The zero-order chi connectivity index (χ0) is 28.8. The molecule has 218 valence electrons. The van der Waals surface area contributed by atoms with E-state index in [1.165, 1.54) is 14.0 Å². The minimum atomic E-state index is -1.17. The molecule has 1 fully saturated rings. The average Bonchev–Trinajstić information content (AvgIpc) is 3.13. The first-order valence-electron chi connectivity index (χ1n) is 14.2. The van der Waals surface area contributed by atoms with Gasteiger partial charge in [-0.3, -0.25) is 14.4 Å². The summed E-state index contributed by atoms with van der Waals surface area (Å²) in [4.78, 5) is 52.2. The number of ether oxygens (including phenoxy) is 2. The van der Waals surface area contributed by atoms with Gasteiger partial charge in [-0.25, -0.2) is 0 Å². The van der Waals surface area contributed by atoms with Crippen molar-refractivity contribution >= 4 is 23.9 Å². The molecule has 10 nitrogen and oxygen atoms in total. The van der Waals surface area contributed by atoms with Crippen LogP contribution in [0.1, 0.15) is 86.6 Å². The van der Waals surface area contributed by atoms with Crippen LogP contribution in [0.5, 0.6) is 11.5 Å². The molecule has 10 heteroatoms. The van der Waals surface area contributed by atoms with Crippen LogP contribution < -0.4 is 14.8 Å². The second-order valence-corrected chi connectivity index (χ2v) is 10.9. The van der Waals surface area contributed by atoms with E-state index in [1.807, 2.05) is 0 Å². The van der Waals surface area contributed by atoms with Crippen molar-refractivity contribution in [3.8, 4) is 11.5 Å². The predicted octanol–water partition coefficient (Wildman–Crippen LogP) is 2.44. The van der Waals surface area contributed by atoms with E-state index in [-0.39, 0.29) is 37.3 Å². The van der Waals surface area contributed by atoms with Gasteiger partial charge in [0.15, 0.2) is 11.5 Å². The number of aliphatic hydroxyl groups excluding tert-OH is 2. The highest BCUT2D eigenvalue weighted by Crippen LogP contribution is 2.51. The third-order valence-corrected chi connectivity index (χ3v) is 8.16. The standard InChI is InChI=1S/C30H40N2O8/c1-18(35)8-7-11-25(36)32(20-9-5-3-4-6-10-20)23-16-22(30(38)31-12-13-33)26-21-14-19(17-34)15-24(39-2)28(21)40-29(26)27(23)37/h14-17,20,23,26-27,29,33,37H,3-13H2,1-2H3,(H,31,38)/t23-,26+,27+,29+/m1/s1. The number of carbonyl (C=O) groups is 4. The number of methoxy groups -OCH3 is 1. The minimum Gasteiger partial charge on any atom is -0.493 e. The lowest BCUT2D eigenvalue weighted by molar-refractivity contribution is -0.141. The Hall–Kier alpha value is -3.24. The molecule has 1 saturated carbocycles. The van der Waals surface area contributed by atoms with Crippen LogP contribution in [0, 0.1) is 0 Å². The summed E-state index contributed by atoms with van der Waals surface area (Å²) in [5.41, 5.74) is 1.18. The predicted molar refractivity (Wildman–Crippen MR) is 146 cm³/mol. The normalized spacial score (nSPS) is 24.1. The Morgan fingerprint density at radius 1 is 1.15 bits per heavy atom. The number of aldehydes is 1. The SMILES string of the molecule is COc1cc(C=O)cc2c1O[C@@H]1[C@@H](O)[C@H](N(C(=O)CCCC(C)=O)C3CCCCCC3)C=C(C(=O)NCCO)[C@H]21. The molecule has 2 amide bonds. The largest absolute Gasteiger partial charge is 0.493 e. The van der Waals surface area contributed by atoms with Gasteiger partial charge in [0.1, 0.15) is 24.3 Å². The molecule has 40 heavy (non-hydrogen) atoms. The van der Waals surface area contributed by atoms with Gasteiger partial charge in [0, 0.05) is 42.1 Å². The lowest BCUT2D eigenvalue weighted by atomic mass is 9.76. The fourth-order valence-electron chi connectivity index (χ4n) is 6.30. The lowest BCUT2D eigenvalue weighted by Gasteiger charge is -2.44. The number of nitrogens with zero attached hydrogens (tertiary/aromatic N) is 1. The number of nitrogens with one attached hydrogen (secondary N) is 1. The molecule has 0 radical (unpaired) electrons. The lowest BCUT2D eigenvalue weighted by Crippen LogP contribution is -2.58. The van der Waals surface area contributed by atoms with E-state index in [4.69, 9.17) is 9.47 Å². The van der Waals surface area contributed by atoms with Gasteiger partial charge >= 0.3 is 0 Å². The van der Waals surface area contributed by atoms with E-state index in [2.05, 4.69) is 5.32 Å². The first-order valence-corrected chi connectivity index (χ1v) is 14.2. The first kappa shape index (κ1) is 29.7. The number of benzene rings is 1. The van der Waals surface area contributed by atoms with E-state index in [0.29, 0.717) is 47.3 Å². The second kappa shape index (κ2) is 13.4. The maximum absolute atomic E-state index is 13.8. The number of aliphatic hydroxyl groups is 2. The highest BCUT2D eigenvalue weighted by molar-refractivity contribution is 5.96. The number of amides is 2. The van der Waals surface area contributed by atoms with E-state index >= 15 is 0 Å². The molecule has 0 aromatic heterocycles. The van der Waals surface area contributed by atoms with Crippen molar-refractivity contribution in [2.75, 3.05) is 20.3 Å². The van der Waals surface area contributed by atoms with Gasteiger partial charge in [-0.05, 0) is 44.4 Å². The average molecular weight is 557 g/mol. The molecule has 1 aromatic rings. The molecule has 4 rings (SSSR count). The summed E-state index contributed by atoms with van der Waals surface area (Å²) in [7, 11) is 1.45. The fraction of sp³-hybridized carbons (Fsp3) is 0.600. The van der Waals surface area contributed by atoms with Crippen LogP contribution in [-0.4, -0.2) is 83.5 Å². The second-order valence-electron chi connectivity index (χ2n) is 10.9. The number of hydrogen-bond acceptors (Lipinski definition) is 8. The maximum Gasteiger partial charge on any atom is 0.247 e. The van der Waals surface area contributed by atoms with E-state index in [0.717, 1.165) is 38.5 Å². The molecule has 1 heterocycles. The summed E-state index contributed by atoms with van der Waals surface area (Å²) in [5, 5.41) is 23.9. The van der Waals surface area contributed by atoms with Crippen LogP contribution in [0.4, 0.5) is 0 Å². The number of Topliss-reactive ketones (excluding diaryl/α,β-unsaturated/α-hetero) is 1. The van der Waals surface area contributed by atoms with Crippen molar-refractivity contribution < 1.29 is 38.9 Å². The molecule has 3 N–H and O–H groups in total.